The Morgan fingerprint density at radius 3 is 2.72 bits per heavy atom. The summed E-state index contributed by atoms with van der Waals surface area (Å²) in [5.41, 5.74) is 0.498. The van der Waals surface area contributed by atoms with E-state index < -0.39 is 16.1 Å². The Labute approximate surface area is 195 Å². The van der Waals surface area contributed by atoms with Gasteiger partial charge in [0, 0.05) is 32.2 Å². The summed E-state index contributed by atoms with van der Waals surface area (Å²) in [5, 5.41) is 18.6. The lowest BCUT2D eigenvalue weighted by atomic mass is 10.1. The van der Waals surface area contributed by atoms with E-state index in [1.54, 1.807) is 30.3 Å². The maximum absolute atomic E-state index is 12.6. The summed E-state index contributed by atoms with van der Waals surface area (Å²) in [6.45, 7) is 1.67. The first-order valence-corrected chi connectivity index (χ1v) is 12.3. The Morgan fingerprint density at radius 1 is 1.19 bits per heavy atom. The summed E-state index contributed by atoms with van der Waals surface area (Å²) in [7, 11) is -3.87. The second-order valence-electron chi connectivity index (χ2n) is 7.59. The molecular weight excluding hydrogens is 479 g/mol. The molecule has 2 aromatic carbocycles. The highest BCUT2D eigenvalue weighted by Gasteiger charge is 2.25. The molecule has 0 aliphatic carbocycles. The van der Waals surface area contributed by atoms with E-state index in [1.807, 2.05) is 0 Å². The van der Waals surface area contributed by atoms with Crippen LogP contribution in [-0.2, 0) is 10.0 Å². The number of benzene rings is 2. The third-order valence-electron chi connectivity index (χ3n) is 5.24. The Hall–Kier alpha value is -1.95. The summed E-state index contributed by atoms with van der Waals surface area (Å²) in [4.78, 5) is 2.04. The number of aliphatic hydroxyl groups excluding tert-OH is 1. The number of hydrogen-bond acceptors (Lipinski definition) is 8. The quantitative estimate of drug-likeness (QED) is 0.484. The van der Waals surface area contributed by atoms with Crippen LogP contribution in [0.1, 0.15) is 12.8 Å². The van der Waals surface area contributed by atoms with Crippen molar-refractivity contribution in [3.63, 3.8) is 0 Å². The van der Waals surface area contributed by atoms with Crippen molar-refractivity contribution >= 4 is 44.3 Å². The topological polar surface area (TPSA) is 118 Å². The van der Waals surface area contributed by atoms with Crippen LogP contribution >= 0.6 is 23.2 Å². The molecule has 3 aromatic rings. The molecule has 0 saturated carbocycles. The standard InChI is InChI=1S/C20H22Cl2N4O5S/c21-16-5-4-15(10-17(16)22)30-14-6-8-26(9-7-14)12-13(27)11-23-32(28,29)19-3-1-2-18-20(19)25-31-24-18/h1-5,10,13-14,23,27H,6-9,11-12H2/t13-/m1/s1. The predicted molar refractivity (Wildman–Crippen MR) is 120 cm³/mol. The van der Waals surface area contributed by atoms with Crippen molar-refractivity contribution in [2.45, 2.75) is 29.9 Å². The number of hydrogen-bond donors (Lipinski definition) is 2. The van der Waals surface area contributed by atoms with Gasteiger partial charge in [-0.3, -0.25) is 0 Å². The third kappa shape index (κ3) is 5.51. The minimum absolute atomic E-state index is 0.0377. The first-order chi connectivity index (χ1) is 15.3. The molecule has 0 radical (unpaired) electrons. The molecule has 0 unspecified atom stereocenters. The minimum Gasteiger partial charge on any atom is -0.490 e. The van der Waals surface area contributed by atoms with Gasteiger partial charge in [-0.2, -0.15) is 0 Å². The molecule has 1 aliphatic heterocycles. The van der Waals surface area contributed by atoms with Gasteiger partial charge in [-0.1, -0.05) is 29.3 Å². The molecule has 1 saturated heterocycles. The second kappa shape index (κ2) is 9.90. The van der Waals surface area contributed by atoms with Crippen LogP contribution in [0.3, 0.4) is 0 Å². The molecule has 4 rings (SSSR count). The van der Waals surface area contributed by atoms with Gasteiger partial charge < -0.3 is 14.7 Å². The lowest BCUT2D eigenvalue weighted by molar-refractivity contribution is 0.0630. The zero-order valence-electron chi connectivity index (χ0n) is 16.9. The number of aromatic nitrogens is 2. The van der Waals surface area contributed by atoms with Gasteiger partial charge in [-0.15, -0.1) is 0 Å². The molecule has 32 heavy (non-hydrogen) atoms. The number of piperidine rings is 1. The van der Waals surface area contributed by atoms with Crippen LogP contribution in [0, 0.1) is 0 Å². The molecule has 1 atom stereocenters. The van der Waals surface area contributed by atoms with Crippen LogP contribution in [0.2, 0.25) is 10.0 Å². The average Bonchev–Trinajstić information content (AvgIpc) is 3.25. The number of likely N-dealkylation sites (tertiary alicyclic amines) is 1. The minimum atomic E-state index is -3.87. The Balaban J connectivity index is 1.25. The smallest absolute Gasteiger partial charge is 0.243 e. The maximum atomic E-state index is 12.6. The van der Waals surface area contributed by atoms with Crippen molar-refractivity contribution in [1.82, 2.24) is 19.9 Å². The molecule has 1 aliphatic rings. The molecular formula is C20H22Cl2N4O5S. The van der Waals surface area contributed by atoms with Gasteiger partial charge >= 0.3 is 0 Å². The predicted octanol–water partition coefficient (Wildman–Crippen LogP) is 2.71. The largest absolute Gasteiger partial charge is 0.490 e. The molecule has 0 amide bonds. The molecule has 1 fully saturated rings. The number of β-amino-alcohol motifs (C(OH)–C–C–N with tert-alkyl or cyclic N) is 1. The third-order valence-corrected chi connectivity index (χ3v) is 7.44. The number of ether oxygens (including phenoxy) is 1. The highest BCUT2D eigenvalue weighted by molar-refractivity contribution is 7.89. The first-order valence-electron chi connectivity index (χ1n) is 10.0. The number of rotatable bonds is 8. The van der Waals surface area contributed by atoms with E-state index in [1.165, 1.54) is 6.07 Å². The van der Waals surface area contributed by atoms with Crippen LogP contribution in [0.15, 0.2) is 45.9 Å². The summed E-state index contributed by atoms with van der Waals surface area (Å²) in [6.07, 6.45) is 0.724. The van der Waals surface area contributed by atoms with Crippen LogP contribution in [-0.4, -0.2) is 67.1 Å². The fraction of sp³-hybridized carbons (Fsp3) is 0.400. The SMILES string of the molecule is O=S(=O)(NC[C@@H](O)CN1CCC(Oc2ccc(Cl)c(Cl)c2)CC1)c1cccc2nonc12. The molecule has 0 bridgehead atoms. The molecule has 2 N–H and O–H groups in total. The number of halogens is 2. The van der Waals surface area contributed by atoms with E-state index in [0.717, 1.165) is 25.9 Å². The highest BCUT2D eigenvalue weighted by atomic mass is 35.5. The van der Waals surface area contributed by atoms with Crippen molar-refractivity contribution in [1.29, 1.82) is 0 Å². The fourth-order valence-corrected chi connectivity index (χ4v) is 5.11. The van der Waals surface area contributed by atoms with E-state index in [2.05, 4.69) is 24.6 Å². The summed E-state index contributed by atoms with van der Waals surface area (Å²) < 4.78 is 38.3. The van der Waals surface area contributed by atoms with E-state index in [0.29, 0.717) is 27.9 Å². The van der Waals surface area contributed by atoms with E-state index >= 15 is 0 Å². The maximum Gasteiger partial charge on any atom is 0.243 e. The van der Waals surface area contributed by atoms with Crippen LogP contribution < -0.4 is 9.46 Å². The average molecular weight is 501 g/mol. The molecule has 172 valence electrons. The van der Waals surface area contributed by atoms with Crippen molar-refractivity contribution in [3.05, 3.63) is 46.4 Å². The van der Waals surface area contributed by atoms with Crippen molar-refractivity contribution in [2.75, 3.05) is 26.2 Å². The summed E-state index contributed by atoms with van der Waals surface area (Å²) >= 11 is 12.0. The van der Waals surface area contributed by atoms with Crippen LogP contribution in [0.4, 0.5) is 0 Å². The van der Waals surface area contributed by atoms with Crippen molar-refractivity contribution in [3.8, 4) is 5.75 Å². The monoisotopic (exact) mass is 500 g/mol. The van der Waals surface area contributed by atoms with E-state index in [4.69, 9.17) is 27.9 Å². The molecule has 2 heterocycles. The van der Waals surface area contributed by atoms with Gasteiger partial charge in [0.15, 0.2) is 5.52 Å². The molecule has 0 spiro atoms. The lowest BCUT2D eigenvalue weighted by Gasteiger charge is -2.33. The summed E-state index contributed by atoms with van der Waals surface area (Å²) in [5.74, 6) is 0.671. The second-order valence-corrected chi connectivity index (χ2v) is 10.1. The zero-order valence-corrected chi connectivity index (χ0v) is 19.3. The van der Waals surface area contributed by atoms with Gasteiger partial charge in [0.1, 0.15) is 22.3 Å². The highest BCUT2D eigenvalue weighted by Crippen LogP contribution is 2.28. The lowest BCUT2D eigenvalue weighted by Crippen LogP contribution is -2.45. The molecule has 9 nitrogen and oxygen atoms in total. The zero-order chi connectivity index (χ0) is 22.7. The van der Waals surface area contributed by atoms with E-state index in [-0.39, 0.29) is 23.1 Å². The Morgan fingerprint density at radius 2 is 1.97 bits per heavy atom. The Kier molecular flexibility index (Phi) is 7.18. The van der Waals surface area contributed by atoms with Gasteiger partial charge in [0.25, 0.3) is 0 Å². The van der Waals surface area contributed by atoms with Crippen LogP contribution in [0.25, 0.3) is 11.0 Å². The number of nitrogens with one attached hydrogen (secondary N) is 1. The van der Waals surface area contributed by atoms with E-state index in [9.17, 15) is 13.5 Å². The van der Waals surface area contributed by atoms with Gasteiger partial charge in [-0.25, -0.2) is 17.8 Å². The van der Waals surface area contributed by atoms with Gasteiger partial charge in [-0.05, 0) is 47.4 Å². The van der Waals surface area contributed by atoms with Crippen LogP contribution in [0.5, 0.6) is 5.75 Å². The van der Waals surface area contributed by atoms with Crippen molar-refractivity contribution < 1.29 is 22.9 Å². The number of fused-ring (bicyclic) bond motifs is 1. The number of nitrogens with zero attached hydrogens (tertiary/aromatic N) is 3. The fourth-order valence-electron chi connectivity index (χ4n) is 3.60. The summed E-state index contributed by atoms with van der Waals surface area (Å²) in [6, 6.07) is 9.76. The number of sulfonamides is 1. The van der Waals surface area contributed by atoms with Gasteiger partial charge in [0.05, 0.1) is 16.1 Å². The molecule has 1 aromatic heterocycles. The normalized spacial score (nSPS) is 17.0. The van der Waals surface area contributed by atoms with Gasteiger partial charge in [0.2, 0.25) is 10.0 Å². The number of aliphatic hydroxyl groups is 1. The first kappa shape index (κ1) is 23.2. The van der Waals surface area contributed by atoms with Crippen molar-refractivity contribution in [2.24, 2.45) is 0 Å². The Bertz CT molecular complexity index is 1180. The molecule has 12 heteroatoms.